The van der Waals surface area contributed by atoms with Crippen molar-refractivity contribution in [1.29, 1.82) is 0 Å². The first-order chi connectivity index (χ1) is 10.6. The van der Waals surface area contributed by atoms with Gasteiger partial charge in [0, 0.05) is 19.0 Å². The third-order valence-corrected chi connectivity index (χ3v) is 4.14. The van der Waals surface area contributed by atoms with E-state index >= 15 is 0 Å². The number of hydrogen-bond acceptors (Lipinski definition) is 3. The molecule has 1 aliphatic rings. The summed E-state index contributed by atoms with van der Waals surface area (Å²) < 4.78 is 5.50. The first kappa shape index (κ1) is 16.6. The minimum absolute atomic E-state index is 0.189. The summed E-state index contributed by atoms with van der Waals surface area (Å²) in [6, 6.07) is 5.72. The van der Waals surface area contributed by atoms with Crippen LogP contribution in [0.25, 0.3) is 0 Å². The summed E-state index contributed by atoms with van der Waals surface area (Å²) in [4.78, 5) is 11.8. The Hall–Kier alpha value is -1.75. The van der Waals surface area contributed by atoms with E-state index < -0.39 is 0 Å². The van der Waals surface area contributed by atoms with E-state index in [2.05, 4.69) is 10.6 Å². The molecule has 2 atom stereocenters. The van der Waals surface area contributed by atoms with Crippen molar-refractivity contribution in [3.63, 3.8) is 0 Å². The van der Waals surface area contributed by atoms with Crippen LogP contribution < -0.4 is 15.4 Å². The first-order valence-corrected chi connectivity index (χ1v) is 8.02. The zero-order chi connectivity index (χ0) is 15.9. The topological polar surface area (TPSA) is 70.6 Å². The van der Waals surface area contributed by atoms with Crippen molar-refractivity contribution in [1.82, 2.24) is 10.6 Å². The molecule has 0 heterocycles. The van der Waals surface area contributed by atoms with Crippen LogP contribution in [0.4, 0.5) is 4.79 Å². The molecule has 2 rings (SSSR count). The molecule has 3 N–H and O–H groups in total. The van der Waals surface area contributed by atoms with Gasteiger partial charge in [0.2, 0.25) is 0 Å². The van der Waals surface area contributed by atoms with Gasteiger partial charge >= 0.3 is 6.03 Å². The number of hydrogen-bond donors (Lipinski definition) is 3. The highest BCUT2D eigenvalue weighted by molar-refractivity contribution is 5.73. The molecule has 1 aromatic carbocycles. The third kappa shape index (κ3) is 4.63. The van der Waals surface area contributed by atoms with E-state index in [1.165, 1.54) is 0 Å². The number of aliphatic hydroxyl groups is 1. The molecule has 2 amide bonds. The van der Waals surface area contributed by atoms with Crippen molar-refractivity contribution in [3.05, 3.63) is 29.3 Å². The third-order valence-electron chi connectivity index (χ3n) is 4.14. The maximum absolute atomic E-state index is 11.8. The average molecular weight is 306 g/mol. The van der Waals surface area contributed by atoms with Gasteiger partial charge in [-0.05, 0) is 43.9 Å². The van der Waals surface area contributed by atoms with Crippen LogP contribution in [0.1, 0.15) is 37.3 Å². The predicted molar refractivity (Wildman–Crippen MR) is 85.9 cm³/mol. The normalized spacial score (nSPS) is 20.7. The lowest BCUT2D eigenvalue weighted by atomic mass is 10.1. The summed E-state index contributed by atoms with van der Waals surface area (Å²) in [6.07, 6.45) is 2.61. The molecule has 0 aromatic heterocycles. The summed E-state index contributed by atoms with van der Waals surface area (Å²) in [5.41, 5.74) is 2.10. The number of amides is 2. The molecule has 5 heteroatoms. The Bertz CT molecular complexity index is 505. The van der Waals surface area contributed by atoms with Crippen LogP contribution in [0.5, 0.6) is 5.75 Å². The lowest BCUT2D eigenvalue weighted by Gasteiger charge is -2.15. The maximum atomic E-state index is 11.8. The second kappa shape index (κ2) is 8.03. The van der Waals surface area contributed by atoms with Gasteiger partial charge in [0.15, 0.2) is 0 Å². The van der Waals surface area contributed by atoms with Gasteiger partial charge in [-0.1, -0.05) is 18.6 Å². The molecule has 1 aliphatic carbocycles. The Morgan fingerprint density at radius 3 is 2.82 bits per heavy atom. The summed E-state index contributed by atoms with van der Waals surface area (Å²) in [5.74, 6) is 1.07. The van der Waals surface area contributed by atoms with Crippen LogP contribution in [0.2, 0.25) is 0 Å². The maximum Gasteiger partial charge on any atom is 0.315 e. The van der Waals surface area contributed by atoms with Gasteiger partial charge in [-0.2, -0.15) is 0 Å². The highest BCUT2D eigenvalue weighted by atomic mass is 16.5. The Morgan fingerprint density at radius 2 is 2.18 bits per heavy atom. The first-order valence-electron chi connectivity index (χ1n) is 8.02. The number of carbonyl (C=O) groups is 1. The summed E-state index contributed by atoms with van der Waals surface area (Å²) >= 11 is 0. The molecule has 0 spiro atoms. The molecule has 1 fully saturated rings. The van der Waals surface area contributed by atoms with Gasteiger partial charge in [0.25, 0.3) is 0 Å². The van der Waals surface area contributed by atoms with Crippen LogP contribution in [-0.4, -0.2) is 30.4 Å². The van der Waals surface area contributed by atoms with Gasteiger partial charge in [-0.15, -0.1) is 0 Å². The quantitative estimate of drug-likeness (QED) is 0.755. The van der Waals surface area contributed by atoms with Crippen LogP contribution in [0, 0.1) is 12.8 Å². The molecule has 0 unspecified atom stereocenters. The van der Waals surface area contributed by atoms with Crippen molar-refractivity contribution in [2.75, 3.05) is 13.2 Å². The van der Waals surface area contributed by atoms with Crippen molar-refractivity contribution >= 4 is 6.03 Å². The molecule has 0 radical (unpaired) electrons. The second-order valence-electron chi connectivity index (χ2n) is 5.85. The monoisotopic (exact) mass is 306 g/mol. The highest BCUT2D eigenvalue weighted by Gasteiger charge is 2.25. The smallest absolute Gasteiger partial charge is 0.315 e. The number of carbonyl (C=O) groups excluding carboxylic acids is 1. The molecule has 0 bridgehead atoms. The Labute approximate surface area is 132 Å². The fourth-order valence-corrected chi connectivity index (χ4v) is 2.86. The number of ether oxygens (including phenoxy) is 1. The second-order valence-corrected chi connectivity index (χ2v) is 5.85. The zero-order valence-electron chi connectivity index (χ0n) is 13.4. The predicted octanol–water partition coefficient (Wildman–Crippen LogP) is 2.35. The van der Waals surface area contributed by atoms with Crippen LogP contribution in [-0.2, 0) is 6.54 Å². The molecule has 0 saturated heterocycles. The van der Waals surface area contributed by atoms with E-state index in [1.807, 2.05) is 32.0 Å². The van der Waals surface area contributed by atoms with Gasteiger partial charge in [-0.3, -0.25) is 0 Å². The van der Waals surface area contributed by atoms with E-state index in [4.69, 9.17) is 4.74 Å². The van der Waals surface area contributed by atoms with Gasteiger partial charge < -0.3 is 20.5 Å². The van der Waals surface area contributed by atoms with E-state index in [0.29, 0.717) is 19.7 Å². The Kier molecular flexibility index (Phi) is 6.07. The van der Waals surface area contributed by atoms with Crippen LogP contribution >= 0.6 is 0 Å². The summed E-state index contributed by atoms with van der Waals surface area (Å²) in [6.45, 7) is 5.62. The van der Waals surface area contributed by atoms with Crippen molar-refractivity contribution in [3.8, 4) is 5.75 Å². The fourth-order valence-electron chi connectivity index (χ4n) is 2.86. The van der Waals surface area contributed by atoms with Gasteiger partial charge in [0.05, 0.1) is 12.7 Å². The van der Waals surface area contributed by atoms with E-state index in [9.17, 15) is 9.90 Å². The minimum Gasteiger partial charge on any atom is -0.494 e. The molecule has 1 aromatic rings. The number of benzene rings is 1. The van der Waals surface area contributed by atoms with Crippen molar-refractivity contribution < 1.29 is 14.6 Å². The molecular formula is C17H26N2O3. The van der Waals surface area contributed by atoms with E-state index in [1.54, 1.807) is 0 Å². The highest BCUT2D eigenvalue weighted by Crippen LogP contribution is 2.24. The fraction of sp³-hybridized carbons (Fsp3) is 0.588. The van der Waals surface area contributed by atoms with Crippen LogP contribution in [0.15, 0.2) is 18.2 Å². The van der Waals surface area contributed by atoms with Gasteiger partial charge in [0.1, 0.15) is 5.75 Å². The summed E-state index contributed by atoms with van der Waals surface area (Å²) in [5, 5.41) is 15.4. The largest absolute Gasteiger partial charge is 0.494 e. The average Bonchev–Trinajstić information content (AvgIpc) is 2.91. The SMILES string of the molecule is CCOc1ccc(CNC(=O)NC[C@H]2CCC[C@@H]2O)cc1C. The number of rotatable bonds is 6. The number of aryl methyl sites for hydroxylation is 1. The van der Waals surface area contributed by atoms with E-state index in [0.717, 1.165) is 36.1 Å². The van der Waals surface area contributed by atoms with Crippen LogP contribution in [0.3, 0.4) is 0 Å². The molecule has 0 aliphatic heterocycles. The van der Waals surface area contributed by atoms with Crippen molar-refractivity contribution in [2.24, 2.45) is 5.92 Å². The lowest BCUT2D eigenvalue weighted by molar-refractivity contribution is 0.132. The Balaban J connectivity index is 1.75. The number of aliphatic hydroxyl groups excluding tert-OH is 1. The zero-order valence-corrected chi connectivity index (χ0v) is 13.4. The molecule has 122 valence electrons. The number of urea groups is 1. The molecule has 1 saturated carbocycles. The van der Waals surface area contributed by atoms with Crippen molar-refractivity contribution in [2.45, 2.75) is 45.8 Å². The van der Waals surface area contributed by atoms with E-state index in [-0.39, 0.29) is 18.1 Å². The molecule has 22 heavy (non-hydrogen) atoms. The molecule has 5 nitrogen and oxygen atoms in total. The summed E-state index contributed by atoms with van der Waals surface area (Å²) in [7, 11) is 0. The standard InChI is InChI=1S/C17H26N2O3/c1-3-22-16-8-7-13(9-12(16)2)10-18-17(21)19-11-14-5-4-6-15(14)20/h7-9,14-15,20H,3-6,10-11H2,1-2H3,(H2,18,19,21)/t14-,15+/m1/s1. The lowest BCUT2D eigenvalue weighted by Crippen LogP contribution is -2.39. The van der Waals surface area contributed by atoms with Gasteiger partial charge in [-0.25, -0.2) is 4.79 Å². The molecular weight excluding hydrogens is 280 g/mol. The Morgan fingerprint density at radius 1 is 1.36 bits per heavy atom. The minimum atomic E-state index is -0.269. The number of nitrogens with one attached hydrogen (secondary N) is 2.